The van der Waals surface area contributed by atoms with Crippen molar-refractivity contribution in [3.8, 4) is 0 Å². The number of rotatable bonds is 4. The van der Waals surface area contributed by atoms with Crippen molar-refractivity contribution in [3.63, 3.8) is 0 Å². The Hall–Kier alpha value is -3.54. The highest BCUT2D eigenvalue weighted by Gasteiger charge is 2.18. The van der Waals surface area contributed by atoms with E-state index in [1.807, 2.05) is 60.7 Å². The largest absolute Gasteiger partial charge is 0.157 e. The molecule has 0 amide bonds. The van der Waals surface area contributed by atoms with Gasteiger partial charge in [-0.05, 0) is 0 Å². The van der Waals surface area contributed by atoms with E-state index in [0.717, 1.165) is 22.5 Å². The molecule has 0 saturated carbocycles. The van der Waals surface area contributed by atoms with E-state index in [1.165, 1.54) is 0 Å². The van der Waals surface area contributed by atoms with Crippen LogP contribution in [0.5, 0.6) is 0 Å². The maximum absolute atomic E-state index is 4.33. The minimum absolute atomic E-state index is 0.808. The van der Waals surface area contributed by atoms with Crippen LogP contribution >= 0.6 is 0 Å². The molecule has 0 saturated heterocycles. The second-order valence-corrected chi connectivity index (χ2v) is 5.07. The SMILES string of the molecule is c1ccc(C(=C(c2ccccc2)n2nccn2)n2nccn2)cc1. The third-order valence-corrected chi connectivity index (χ3v) is 3.56. The Morgan fingerprint density at radius 2 is 0.833 bits per heavy atom. The Bertz CT molecular complexity index is 846. The van der Waals surface area contributed by atoms with Gasteiger partial charge in [-0.25, -0.2) is 0 Å². The predicted octanol–water partition coefficient (Wildman–Crippen LogP) is 2.79. The molecule has 6 heteroatoms. The summed E-state index contributed by atoms with van der Waals surface area (Å²) in [6.07, 6.45) is 6.62. The first-order chi connectivity index (χ1) is 11.9. The molecule has 0 unspecified atom stereocenters. The first kappa shape index (κ1) is 14.1. The second-order valence-electron chi connectivity index (χ2n) is 5.07. The fraction of sp³-hybridized carbons (Fsp3) is 0. The highest BCUT2D eigenvalue weighted by Crippen LogP contribution is 2.27. The summed E-state index contributed by atoms with van der Waals surface area (Å²) < 4.78 is 0. The van der Waals surface area contributed by atoms with Crippen LogP contribution in [0.2, 0.25) is 0 Å². The van der Waals surface area contributed by atoms with Gasteiger partial charge in [0.25, 0.3) is 0 Å². The third kappa shape index (κ3) is 2.61. The molecule has 6 nitrogen and oxygen atoms in total. The van der Waals surface area contributed by atoms with Crippen molar-refractivity contribution in [1.29, 1.82) is 0 Å². The molecule has 0 fully saturated rings. The summed E-state index contributed by atoms with van der Waals surface area (Å²) in [5.74, 6) is 0. The van der Waals surface area contributed by atoms with Crippen LogP contribution in [0.15, 0.2) is 85.5 Å². The Balaban J connectivity index is 2.07. The summed E-state index contributed by atoms with van der Waals surface area (Å²) in [7, 11) is 0. The molecule has 0 aliphatic carbocycles. The first-order valence-electron chi connectivity index (χ1n) is 7.52. The number of aromatic nitrogens is 6. The molecular weight excluding hydrogens is 300 g/mol. The number of hydrogen-bond acceptors (Lipinski definition) is 4. The lowest BCUT2D eigenvalue weighted by Gasteiger charge is -2.14. The zero-order valence-electron chi connectivity index (χ0n) is 12.8. The summed E-state index contributed by atoms with van der Waals surface area (Å²) in [6.45, 7) is 0. The van der Waals surface area contributed by atoms with E-state index in [4.69, 9.17) is 0 Å². The van der Waals surface area contributed by atoms with Crippen molar-refractivity contribution >= 4 is 11.4 Å². The van der Waals surface area contributed by atoms with Crippen LogP contribution in [-0.2, 0) is 0 Å². The smallest absolute Gasteiger partial charge is 0.121 e. The summed E-state index contributed by atoms with van der Waals surface area (Å²) >= 11 is 0. The summed E-state index contributed by atoms with van der Waals surface area (Å²) in [5, 5.41) is 17.3. The molecule has 0 radical (unpaired) electrons. The maximum atomic E-state index is 4.33. The highest BCUT2D eigenvalue weighted by atomic mass is 15.5. The van der Waals surface area contributed by atoms with E-state index in [1.54, 1.807) is 34.4 Å². The Morgan fingerprint density at radius 3 is 1.17 bits per heavy atom. The average Bonchev–Trinajstić information content (AvgIpc) is 3.35. The maximum Gasteiger partial charge on any atom is 0.121 e. The summed E-state index contributed by atoms with van der Waals surface area (Å²) in [4.78, 5) is 3.20. The molecule has 4 aromatic rings. The molecule has 0 aliphatic rings. The van der Waals surface area contributed by atoms with Crippen molar-refractivity contribution in [3.05, 3.63) is 96.6 Å². The van der Waals surface area contributed by atoms with E-state index in [0.29, 0.717) is 0 Å². The van der Waals surface area contributed by atoms with Gasteiger partial charge in [-0.15, -0.1) is 9.59 Å². The van der Waals surface area contributed by atoms with E-state index < -0.39 is 0 Å². The molecule has 0 N–H and O–H groups in total. The fourth-order valence-corrected chi connectivity index (χ4v) is 2.55. The topological polar surface area (TPSA) is 61.4 Å². The fourth-order valence-electron chi connectivity index (χ4n) is 2.55. The predicted molar refractivity (Wildman–Crippen MR) is 90.5 cm³/mol. The Kier molecular flexibility index (Phi) is 3.69. The molecular formula is C18H14N6. The first-order valence-corrected chi connectivity index (χ1v) is 7.52. The standard InChI is InChI=1S/C18H14N6/c1-3-7-15(8-4-1)17(23-19-11-12-20-23)18(24-21-13-14-22-24)16-9-5-2-6-10-16/h1-14H. The van der Waals surface area contributed by atoms with E-state index >= 15 is 0 Å². The number of hydrogen-bond donors (Lipinski definition) is 0. The zero-order chi connectivity index (χ0) is 16.2. The van der Waals surface area contributed by atoms with Crippen LogP contribution in [0.25, 0.3) is 11.4 Å². The van der Waals surface area contributed by atoms with E-state index in [9.17, 15) is 0 Å². The molecule has 116 valence electrons. The monoisotopic (exact) mass is 314 g/mol. The van der Waals surface area contributed by atoms with Gasteiger partial charge in [0.2, 0.25) is 0 Å². The van der Waals surface area contributed by atoms with Gasteiger partial charge in [0.15, 0.2) is 0 Å². The number of benzene rings is 2. The van der Waals surface area contributed by atoms with Gasteiger partial charge >= 0.3 is 0 Å². The van der Waals surface area contributed by atoms with Gasteiger partial charge in [-0.1, -0.05) is 60.7 Å². The molecule has 0 spiro atoms. The normalized spacial score (nSPS) is 12.0. The molecule has 24 heavy (non-hydrogen) atoms. The van der Waals surface area contributed by atoms with Crippen LogP contribution in [-0.4, -0.2) is 30.0 Å². The summed E-state index contributed by atoms with van der Waals surface area (Å²) in [6, 6.07) is 20.0. The molecule has 2 aromatic heterocycles. The van der Waals surface area contributed by atoms with Gasteiger partial charge < -0.3 is 0 Å². The summed E-state index contributed by atoms with van der Waals surface area (Å²) in [5.41, 5.74) is 3.57. The Morgan fingerprint density at radius 1 is 0.500 bits per heavy atom. The second kappa shape index (κ2) is 6.29. The van der Waals surface area contributed by atoms with Crippen LogP contribution in [0.3, 0.4) is 0 Å². The molecule has 0 aliphatic heterocycles. The Labute approximate surface area is 138 Å². The van der Waals surface area contributed by atoms with Crippen LogP contribution in [0.4, 0.5) is 0 Å². The molecule has 4 rings (SSSR count). The highest BCUT2D eigenvalue weighted by molar-refractivity contribution is 5.89. The van der Waals surface area contributed by atoms with Crippen molar-refractivity contribution < 1.29 is 0 Å². The number of nitrogens with zero attached hydrogens (tertiary/aromatic N) is 6. The van der Waals surface area contributed by atoms with Gasteiger partial charge in [0.1, 0.15) is 11.4 Å². The van der Waals surface area contributed by atoms with Crippen LogP contribution < -0.4 is 0 Å². The van der Waals surface area contributed by atoms with Crippen molar-refractivity contribution in [2.45, 2.75) is 0 Å². The molecule has 2 heterocycles. The zero-order valence-corrected chi connectivity index (χ0v) is 12.8. The van der Waals surface area contributed by atoms with E-state index in [-0.39, 0.29) is 0 Å². The van der Waals surface area contributed by atoms with Crippen LogP contribution in [0, 0.1) is 0 Å². The van der Waals surface area contributed by atoms with Crippen molar-refractivity contribution in [1.82, 2.24) is 30.0 Å². The van der Waals surface area contributed by atoms with Crippen LogP contribution in [0.1, 0.15) is 11.1 Å². The van der Waals surface area contributed by atoms with Gasteiger partial charge in [0.05, 0.1) is 24.8 Å². The lowest BCUT2D eigenvalue weighted by atomic mass is 10.1. The molecule has 0 bridgehead atoms. The third-order valence-electron chi connectivity index (χ3n) is 3.56. The minimum atomic E-state index is 0.808. The quantitative estimate of drug-likeness (QED) is 0.543. The average molecular weight is 314 g/mol. The van der Waals surface area contributed by atoms with Gasteiger partial charge in [-0.3, -0.25) is 0 Å². The minimum Gasteiger partial charge on any atom is -0.157 e. The molecule has 0 atom stereocenters. The van der Waals surface area contributed by atoms with Crippen molar-refractivity contribution in [2.24, 2.45) is 0 Å². The lowest BCUT2D eigenvalue weighted by molar-refractivity contribution is 0.738. The lowest BCUT2D eigenvalue weighted by Crippen LogP contribution is -2.12. The van der Waals surface area contributed by atoms with E-state index in [2.05, 4.69) is 20.4 Å². The molecule has 2 aromatic carbocycles. The van der Waals surface area contributed by atoms with Gasteiger partial charge in [-0.2, -0.15) is 20.4 Å². The van der Waals surface area contributed by atoms with Crippen molar-refractivity contribution in [2.75, 3.05) is 0 Å². The van der Waals surface area contributed by atoms with Gasteiger partial charge in [0, 0.05) is 11.1 Å².